The number of nitrogens with zero attached hydrogens (tertiary/aromatic N) is 2. The molecular weight excluding hydrogens is 417 g/mol. The second-order valence-corrected chi connectivity index (χ2v) is 7.97. The van der Waals surface area contributed by atoms with Gasteiger partial charge in [-0.1, -0.05) is 29.8 Å². The van der Waals surface area contributed by atoms with Crippen LogP contribution in [0, 0.1) is 5.82 Å². The first-order valence-electron chi connectivity index (χ1n) is 10.0. The van der Waals surface area contributed by atoms with Gasteiger partial charge in [-0.05, 0) is 67.3 Å². The predicted molar refractivity (Wildman–Crippen MR) is 119 cm³/mol. The molecule has 3 aromatic rings. The van der Waals surface area contributed by atoms with Crippen molar-refractivity contribution in [2.75, 3.05) is 16.8 Å². The zero-order valence-corrected chi connectivity index (χ0v) is 17.7. The lowest BCUT2D eigenvalue weighted by Gasteiger charge is -2.30. The summed E-state index contributed by atoms with van der Waals surface area (Å²) in [7, 11) is 0. The molecule has 1 aromatic heterocycles. The molecule has 0 saturated heterocycles. The number of carbonyl (C=O) groups is 2. The SMILES string of the molecule is CC(C(=O)Nc1ccc(F)cn1)c1ccc2c(c1)CCCN2C(=O)c1cccc(Cl)c1. The Balaban J connectivity index is 1.54. The van der Waals surface area contributed by atoms with Crippen LogP contribution in [0.5, 0.6) is 0 Å². The maximum absolute atomic E-state index is 13.0. The van der Waals surface area contributed by atoms with E-state index in [1.807, 2.05) is 18.2 Å². The van der Waals surface area contributed by atoms with Gasteiger partial charge >= 0.3 is 0 Å². The Labute approximate surface area is 184 Å². The molecule has 0 bridgehead atoms. The standard InChI is InChI=1S/C24H21ClFN3O2/c1-15(23(30)28-22-10-8-20(26)14-27-22)16-7-9-21-17(12-16)5-3-11-29(21)24(31)18-4-2-6-19(25)13-18/h2,4,6-10,12-15H,3,5,11H2,1H3,(H,27,28,30). The molecule has 0 saturated carbocycles. The maximum atomic E-state index is 13.0. The van der Waals surface area contributed by atoms with Gasteiger partial charge < -0.3 is 10.2 Å². The van der Waals surface area contributed by atoms with E-state index >= 15 is 0 Å². The number of nitrogens with one attached hydrogen (secondary N) is 1. The van der Waals surface area contributed by atoms with Gasteiger partial charge in [0.2, 0.25) is 5.91 Å². The van der Waals surface area contributed by atoms with Crippen molar-refractivity contribution in [3.05, 3.63) is 88.3 Å². The van der Waals surface area contributed by atoms with Gasteiger partial charge in [-0.2, -0.15) is 0 Å². The lowest BCUT2D eigenvalue weighted by molar-refractivity contribution is -0.117. The lowest BCUT2D eigenvalue weighted by Crippen LogP contribution is -2.35. The van der Waals surface area contributed by atoms with E-state index in [1.54, 1.807) is 36.1 Å². The average Bonchev–Trinajstić information content (AvgIpc) is 2.78. The van der Waals surface area contributed by atoms with Gasteiger partial charge in [-0.3, -0.25) is 9.59 Å². The molecule has 0 aliphatic carbocycles. The molecule has 0 spiro atoms. The van der Waals surface area contributed by atoms with E-state index in [9.17, 15) is 14.0 Å². The number of pyridine rings is 1. The molecule has 0 fully saturated rings. The molecule has 158 valence electrons. The Bertz CT molecular complexity index is 1130. The molecular formula is C24H21ClFN3O2. The van der Waals surface area contributed by atoms with Gasteiger partial charge in [0.25, 0.3) is 5.91 Å². The van der Waals surface area contributed by atoms with Crippen LogP contribution in [-0.2, 0) is 11.2 Å². The molecule has 31 heavy (non-hydrogen) atoms. The highest BCUT2D eigenvalue weighted by molar-refractivity contribution is 6.31. The fourth-order valence-electron chi connectivity index (χ4n) is 3.71. The van der Waals surface area contributed by atoms with Crippen LogP contribution < -0.4 is 10.2 Å². The van der Waals surface area contributed by atoms with Gasteiger partial charge in [-0.25, -0.2) is 9.37 Å². The number of hydrogen-bond donors (Lipinski definition) is 1. The fraction of sp³-hybridized carbons (Fsp3) is 0.208. The smallest absolute Gasteiger partial charge is 0.258 e. The van der Waals surface area contributed by atoms with E-state index in [2.05, 4.69) is 10.3 Å². The van der Waals surface area contributed by atoms with Crippen molar-refractivity contribution in [2.24, 2.45) is 0 Å². The van der Waals surface area contributed by atoms with E-state index in [4.69, 9.17) is 11.6 Å². The number of fused-ring (bicyclic) bond motifs is 1. The van der Waals surface area contributed by atoms with Crippen LogP contribution in [0.4, 0.5) is 15.9 Å². The number of aromatic nitrogens is 1. The Hall–Kier alpha value is -3.25. The van der Waals surface area contributed by atoms with Crippen LogP contribution in [0.25, 0.3) is 0 Å². The summed E-state index contributed by atoms with van der Waals surface area (Å²) in [6.45, 7) is 2.43. The Kier molecular flexibility index (Phi) is 6.00. The van der Waals surface area contributed by atoms with E-state index in [-0.39, 0.29) is 11.8 Å². The summed E-state index contributed by atoms with van der Waals surface area (Å²) in [5, 5.41) is 3.23. The Morgan fingerprint density at radius 1 is 1.16 bits per heavy atom. The third-order valence-corrected chi connectivity index (χ3v) is 5.65. The highest BCUT2D eigenvalue weighted by Gasteiger charge is 2.25. The van der Waals surface area contributed by atoms with E-state index < -0.39 is 11.7 Å². The number of halogens is 2. The molecule has 4 rings (SSSR count). The molecule has 1 unspecified atom stereocenters. The fourth-order valence-corrected chi connectivity index (χ4v) is 3.90. The van der Waals surface area contributed by atoms with Crippen molar-refractivity contribution >= 4 is 34.9 Å². The zero-order valence-electron chi connectivity index (χ0n) is 16.9. The zero-order chi connectivity index (χ0) is 22.0. The summed E-state index contributed by atoms with van der Waals surface area (Å²) < 4.78 is 13.0. The van der Waals surface area contributed by atoms with Gasteiger partial charge in [0.1, 0.15) is 11.6 Å². The summed E-state index contributed by atoms with van der Waals surface area (Å²) in [6.07, 6.45) is 2.73. The number of amides is 2. The number of aryl methyl sites for hydroxylation is 1. The van der Waals surface area contributed by atoms with Crippen LogP contribution in [0.2, 0.25) is 5.02 Å². The minimum absolute atomic E-state index is 0.0932. The molecule has 1 atom stereocenters. The minimum atomic E-state index is -0.461. The van der Waals surface area contributed by atoms with Crippen molar-refractivity contribution in [1.29, 1.82) is 0 Å². The Morgan fingerprint density at radius 3 is 2.74 bits per heavy atom. The summed E-state index contributed by atoms with van der Waals surface area (Å²) >= 11 is 6.05. The second kappa shape index (κ2) is 8.86. The van der Waals surface area contributed by atoms with Crippen LogP contribution in [0.15, 0.2) is 60.8 Å². The molecule has 2 amide bonds. The number of carbonyl (C=O) groups excluding carboxylic acids is 2. The molecule has 5 nitrogen and oxygen atoms in total. The van der Waals surface area contributed by atoms with Crippen LogP contribution in [-0.4, -0.2) is 23.3 Å². The monoisotopic (exact) mass is 437 g/mol. The summed E-state index contributed by atoms with van der Waals surface area (Å²) in [4.78, 5) is 31.3. The molecule has 2 heterocycles. The quantitative estimate of drug-likeness (QED) is 0.609. The normalized spacial score (nSPS) is 14.0. The van der Waals surface area contributed by atoms with Gasteiger partial charge in [-0.15, -0.1) is 0 Å². The van der Waals surface area contributed by atoms with Crippen LogP contribution >= 0.6 is 11.6 Å². The number of rotatable bonds is 4. The van der Waals surface area contributed by atoms with Crippen molar-refractivity contribution in [1.82, 2.24) is 4.98 Å². The van der Waals surface area contributed by atoms with Crippen molar-refractivity contribution in [3.8, 4) is 0 Å². The van der Waals surface area contributed by atoms with Crippen LogP contribution in [0.3, 0.4) is 0 Å². The van der Waals surface area contributed by atoms with Gasteiger partial charge in [0.15, 0.2) is 0 Å². The molecule has 1 aliphatic rings. The predicted octanol–water partition coefficient (Wildman–Crippen LogP) is 5.21. The van der Waals surface area contributed by atoms with E-state index in [0.29, 0.717) is 22.9 Å². The van der Waals surface area contributed by atoms with Gasteiger partial charge in [0.05, 0.1) is 12.1 Å². The molecule has 2 aromatic carbocycles. The summed E-state index contributed by atoms with van der Waals surface area (Å²) in [6, 6.07) is 15.3. The van der Waals surface area contributed by atoms with E-state index in [0.717, 1.165) is 35.9 Å². The number of benzene rings is 2. The van der Waals surface area contributed by atoms with Crippen molar-refractivity contribution < 1.29 is 14.0 Å². The topological polar surface area (TPSA) is 62.3 Å². The molecule has 7 heteroatoms. The molecule has 1 aliphatic heterocycles. The first kappa shape index (κ1) is 21.0. The average molecular weight is 438 g/mol. The largest absolute Gasteiger partial charge is 0.310 e. The molecule has 0 radical (unpaired) electrons. The third-order valence-electron chi connectivity index (χ3n) is 5.41. The van der Waals surface area contributed by atoms with Crippen molar-refractivity contribution in [3.63, 3.8) is 0 Å². The van der Waals surface area contributed by atoms with Crippen LogP contribution in [0.1, 0.15) is 40.7 Å². The first-order chi connectivity index (χ1) is 14.9. The maximum Gasteiger partial charge on any atom is 0.258 e. The van der Waals surface area contributed by atoms with Gasteiger partial charge in [0, 0.05) is 22.8 Å². The minimum Gasteiger partial charge on any atom is -0.310 e. The van der Waals surface area contributed by atoms with Crippen molar-refractivity contribution in [2.45, 2.75) is 25.7 Å². The Morgan fingerprint density at radius 2 is 2.00 bits per heavy atom. The van der Waals surface area contributed by atoms with E-state index in [1.165, 1.54) is 12.1 Å². The molecule has 1 N–H and O–H groups in total. The summed E-state index contributed by atoms with van der Waals surface area (Å²) in [5.41, 5.74) is 3.27. The first-order valence-corrected chi connectivity index (χ1v) is 10.4. The second-order valence-electron chi connectivity index (χ2n) is 7.53. The highest BCUT2D eigenvalue weighted by atomic mass is 35.5. The lowest BCUT2D eigenvalue weighted by atomic mass is 9.93. The number of anilines is 2. The third kappa shape index (κ3) is 4.59. The highest BCUT2D eigenvalue weighted by Crippen LogP contribution is 2.32. The summed E-state index contributed by atoms with van der Waals surface area (Å²) in [5.74, 6) is -0.922. The number of hydrogen-bond acceptors (Lipinski definition) is 3.